The molecular formula is C26H27N3O4S. The first-order valence-corrected chi connectivity index (χ1v) is 12.6. The van der Waals surface area contributed by atoms with Crippen LogP contribution in [0.2, 0.25) is 0 Å². The first kappa shape index (κ1) is 23.5. The van der Waals surface area contributed by atoms with Crippen molar-refractivity contribution >= 4 is 33.2 Å². The first-order chi connectivity index (χ1) is 16.2. The molecule has 0 fully saturated rings. The molecule has 1 aliphatic rings. The third kappa shape index (κ3) is 4.28. The average molecular weight is 478 g/mol. The van der Waals surface area contributed by atoms with Crippen LogP contribution < -0.4 is 14.9 Å². The van der Waals surface area contributed by atoms with Crippen molar-refractivity contribution in [3.05, 3.63) is 77.9 Å². The lowest BCUT2D eigenvalue weighted by Crippen LogP contribution is -2.30. The molecule has 7 nitrogen and oxygen atoms in total. The molecule has 1 atom stereocenters. The SMILES string of the molecule is CCC(C)CNC(=O)c1ccccc1NC(=O)c1ccc2c(c1)-c1ccccc1S(=O)(=O)N2C. The summed E-state index contributed by atoms with van der Waals surface area (Å²) in [6.07, 6.45) is 0.955. The summed E-state index contributed by atoms with van der Waals surface area (Å²) in [6, 6.07) is 18.5. The van der Waals surface area contributed by atoms with Gasteiger partial charge in [-0.3, -0.25) is 13.9 Å². The molecule has 1 unspecified atom stereocenters. The van der Waals surface area contributed by atoms with Gasteiger partial charge in [-0.05, 0) is 42.3 Å². The molecular weight excluding hydrogens is 450 g/mol. The number of amides is 2. The quantitative estimate of drug-likeness (QED) is 0.546. The Morgan fingerprint density at radius 2 is 1.65 bits per heavy atom. The molecule has 2 N–H and O–H groups in total. The van der Waals surface area contributed by atoms with Crippen LogP contribution in [0.25, 0.3) is 11.1 Å². The molecule has 2 amide bonds. The number of sulfonamides is 1. The van der Waals surface area contributed by atoms with Gasteiger partial charge >= 0.3 is 0 Å². The van der Waals surface area contributed by atoms with E-state index in [1.54, 1.807) is 66.7 Å². The lowest BCUT2D eigenvalue weighted by atomic mass is 10.00. The summed E-state index contributed by atoms with van der Waals surface area (Å²) in [4.78, 5) is 26.0. The molecule has 1 heterocycles. The fourth-order valence-corrected chi connectivity index (χ4v) is 5.27. The maximum atomic E-state index is 13.1. The highest BCUT2D eigenvalue weighted by atomic mass is 32.2. The Kier molecular flexibility index (Phi) is 6.43. The van der Waals surface area contributed by atoms with E-state index in [-0.39, 0.29) is 10.8 Å². The monoisotopic (exact) mass is 477 g/mol. The Labute approximate surface area is 199 Å². The lowest BCUT2D eigenvalue weighted by Gasteiger charge is -2.29. The van der Waals surface area contributed by atoms with E-state index in [9.17, 15) is 18.0 Å². The zero-order valence-corrected chi connectivity index (χ0v) is 20.1. The van der Waals surface area contributed by atoms with E-state index in [0.717, 1.165) is 6.42 Å². The predicted molar refractivity (Wildman–Crippen MR) is 134 cm³/mol. The van der Waals surface area contributed by atoms with Gasteiger partial charge in [0.05, 0.1) is 21.8 Å². The summed E-state index contributed by atoms with van der Waals surface area (Å²) >= 11 is 0. The van der Waals surface area contributed by atoms with Crippen molar-refractivity contribution in [2.24, 2.45) is 5.92 Å². The summed E-state index contributed by atoms with van der Waals surface area (Å²) in [5, 5.41) is 5.75. The smallest absolute Gasteiger partial charge is 0.264 e. The number of fused-ring (bicyclic) bond motifs is 3. The summed E-state index contributed by atoms with van der Waals surface area (Å²) in [5.74, 6) is -0.285. The number of hydrogen-bond acceptors (Lipinski definition) is 4. The highest BCUT2D eigenvalue weighted by Crippen LogP contribution is 2.42. The van der Waals surface area contributed by atoms with Crippen LogP contribution in [0.1, 0.15) is 41.0 Å². The minimum absolute atomic E-state index is 0.200. The van der Waals surface area contributed by atoms with Crippen LogP contribution in [0.15, 0.2) is 71.6 Å². The topological polar surface area (TPSA) is 95.6 Å². The van der Waals surface area contributed by atoms with Crippen molar-refractivity contribution in [1.29, 1.82) is 0 Å². The Morgan fingerprint density at radius 1 is 0.941 bits per heavy atom. The van der Waals surface area contributed by atoms with Gasteiger partial charge in [-0.1, -0.05) is 50.6 Å². The average Bonchev–Trinajstić information content (AvgIpc) is 2.85. The summed E-state index contributed by atoms with van der Waals surface area (Å²) in [6.45, 7) is 4.68. The normalized spacial score (nSPS) is 14.5. The molecule has 0 saturated heterocycles. The standard InChI is InChI=1S/C26H27N3O4S/c1-4-17(2)16-27-26(31)20-10-5-7-11-22(20)28-25(30)18-13-14-23-21(15-18)19-9-6-8-12-24(19)34(32,33)29(23)3/h5-15,17H,4,16H2,1-3H3,(H,27,31)(H,28,30). The molecule has 8 heteroatoms. The lowest BCUT2D eigenvalue weighted by molar-refractivity contribution is 0.0948. The number of para-hydroxylation sites is 1. The maximum Gasteiger partial charge on any atom is 0.264 e. The molecule has 0 saturated carbocycles. The second-order valence-electron chi connectivity index (χ2n) is 8.42. The molecule has 3 aromatic carbocycles. The number of anilines is 2. The second-order valence-corrected chi connectivity index (χ2v) is 10.4. The third-order valence-corrected chi connectivity index (χ3v) is 7.97. The van der Waals surface area contributed by atoms with Gasteiger partial charge in [0.1, 0.15) is 0 Å². The number of rotatable bonds is 6. The van der Waals surface area contributed by atoms with Crippen molar-refractivity contribution in [3.63, 3.8) is 0 Å². The van der Waals surface area contributed by atoms with Gasteiger partial charge in [-0.2, -0.15) is 0 Å². The minimum Gasteiger partial charge on any atom is -0.352 e. The maximum absolute atomic E-state index is 13.1. The van der Waals surface area contributed by atoms with Crippen molar-refractivity contribution in [1.82, 2.24) is 5.32 Å². The van der Waals surface area contributed by atoms with Crippen molar-refractivity contribution in [2.45, 2.75) is 25.2 Å². The van der Waals surface area contributed by atoms with Crippen LogP contribution in [0.5, 0.6) is 0 Å². The number of hydrogen-bond donors (Lipinski definition) is 2. The number of nitrogens with one attached hydrogen (secondary N) is 2. The highest BCUT2D eigenvalue weighted by Gasteiger charge is 2.32. The van der Waals surface area contributed by atoms with Crippen LogP contribution in [0, 0.1) is 5.92 Å². The fraction of sp³-hybridized carbons (Fsp3) is 0.231. The van der Waals surface area contributed by atoms with Gasteiger partial charge in [0.2, 0.25) is 0 Å². The van der Waals surface area contributed by atoms with Crippen LogP contribution >= 0.6 is 0 Å². The van der Waals surface area contributed by atoms with E-state index in [4.69, 9.17) is 0 Å². The van der Waals surface area contributed by atoms with Crippen LogP contribution in [-0.4, -0.2) is 33.8 Å². The van der Waals surface area contributed by atoms with Crippen molar-refractivity contribution < 1.29 is 18.0 Å². The molecule has 1 aliphatic heterocycles. The second kappa shape index (κ2) is 9.30. The van der Waals surface area contributed by atoms with E-state index >= 15 is 0 Å². The molecule has 0 spiro atoms. The number of benzene rings is 3. The fourth-order valence-electron chi connectivity index (χ4n) is 3.85. The zero-order valence-electron chi connectivity index (χ0n) is 19.3. The predicted octanol–water partition coefficient (Wildman–Crippen LogP) is 4.52. The van der Waals surface area contributed by atoms with Crippen LogP contribution in [0.3, 0.4) is 0 Å². The number of nitrogens with zero attached hydrogens (tertiary/aromatic N) is 1. The van der Waals surface area contributed by atoms with Gasteiger partial charge in [0.15, 0.2) is 0 Å². The van der Waals surface area contributed by atoms with Crippen LogP contribution in [0.4, 0.5) is 11.4 Å². The van der Waals surface area contributed by atoms with Gasteiger partial charge in [-0.25, -0.2) is 8.42 Å². The molecule has 0 bridgehead atoms. The third-order valence-electron chi connectivity index (χ3n) is 6.14. The van der Waals surface area contributed by atoms with E-state index in [0.29, 0.717) is 46.1 Å². The van der Waals surface area contributed by atoms with E-state index in [2.05, 4.69) is 24.5 Å². The largest absolute Gasteiger partial charge is 0.352 e. The Bertz CT molecular complexity index is 1370. The van der Waals surface area contributed by atoms with Crippen molar-refractivity contribution in [3.8, 4) is 11.1 Å². The molecule has 4 rings (SSSR count). The molecule has 3 aromatic rings. The Balaban J connectivity index is 1.63. The summed E-state index contributed by atoms with van der Waals surface area (Å²) in [5.41, 5.74) is 2.85. The van der Waals surface area contributed by atoms with E-state index in [1.165, 1.54) is 11.4 Å². The van der Waals surface area contributed by atoms with Crippen LogP contribution in [-0.2, 0) is 10.0 Å². The molecule has 0 aliphatic carbocycles. The van der Waals surface area contributed by atoms with E-state index in [1.807, 2.05) is 0 Å². The summed E-state index contributed by atoms with van der Waals surface area (Å²) < 4.78 is 26.9. The number of carbonyl (C=O) groups is 2. The van der Waals surface area contributed by atoms with Gasteiger partial charge in [-0.15, -0.1) is 0 Å². The zero-order chi connectivity index (χ0) is 24.5. The minimum atomic E-state index is -3.66. The number of carbonyl (C=O) groups excluding carboxylic acids is 2. The van der Waals surface area contributed by atoms with E-state index < -0.39 is 15.9 Å². The Hall–Kier alpha value is -3.65. The van der Waals surface area contributed by atoms with Gasteiger partial charge in [0.25, 0.3) is 21.8 Å². The first-order valence-electron chi connectivity index (χ1n) is 11.1. The van der Waals surface area contributed by atoms with Gasteiger partial charge in [0, 0.05) is 30.3 Å². The Morgan fingerprint density at radius 3 is 2.41 bits per heavy atom. The summed E-state index contributed by atoms with van der Waals surface area (Å²) in [7, 11) is -2.16. The van der Waals surface area contributed by atoms with Gasteiger partial charge < -0.3 is 10.6 Å². The molecule has 34 heavy (non-hydrogen) atoms. The molecule has 0 aromatic heterocycles. The van der Waals surface area contributed by atoms with Crippen molar-refractivity contribution in [2.75, 3.05) is 23.2 Å². The highest BCUT2D eigenvalue weighted by molar-refractivity contribution is 7.93. The molecule has 0 radical (unpaired) electrons. The molecule has 176 valence electrons.